The molecule has 2 aromatic rings. The van der Waals surface area contributed by atoms with E-state index >= 15 is 0 Å². The first kappa shape index (κ1) is 17.9. The number of benzene rings is 2. The van der Waals surface area contributed by atoms with Gasteiger partial charge in [-0.25, -0.2) is 0 Å². The van der Waals surface area contributed by atoms with Crippen molar-refractivity contribution < 1.29 is 19.1 Å². The van der Waals surface area contributed by atoms with E-state index in [0.717, 1.165) is 0 Å². The molecule has 0 saturated carbocycles. The van der Waals surface area contributed by atoms with Crippen LogP contribution in [0.25, 0.3) is 0 Å². The molecule has 0 fully saturated rings. The third kappa shape index (κ3) is 4.31. The first-order chi connectivity index (χ1) is 11.4. The van der Waals surface area contributed by atoms with E-state index in [2.05, 4.69) is 10.6 Å². The van der Waals surface area contributed by atoms with Crippen LogP contribution in [-0.4, -0.2) is 26.0 Å². The van der Waals surface area contributed by atoms with Crippen molar-refractivity contribution in [3.63, 3.8) is 0 Å². The molecule has 0 aromatic heterocycles. The Morgan fingerprint density at radius 3 is 2.21 bits per heavy atom. The number of hydrogen-bond acceptors (Lipinski definition) is 4. The summed E-state index contributed by atoms with van der Waals surface area (Å²) in [6.45, 7) is 0. The van der Waals surface area contributed by atoms with Crippen LogP contribution in [0.4, 0.5) is 11.4 Å². The average molecular weight is 369 g/mol. The van der Waals surface area contributed by atoms with Crippen LogP contribution < -0.4 is 20.1 Å². The summed E-state index contributed by atoms with van der Waals surface area (Å²) < 4.78 is 10.2. The lowest BCUT2D eigenvalue weighted by molar-refractivity contribution is -0.132. The number of nitrogens with one attached hydrogen (secondary N) is 2. The van der Waals surface area contributed by atoms with Crippen molar-refractivity contribution in [3.8, 4) is 11.5 Å². The van der Waals surface area contributed by atoms with Gasteiger partial charge in [-0.1, -0.05) is 23.2 Å². The smallest absolute Gasteiger partial charge is 0.314 e. The number of anilines is 2. The number of ether oxygens (including phenoxy) is 2. The Bertz CT molecular complexity index is 781. The quantitative estimate of drug-likeness (QED) is 0.808. The fourth-order valence-corrected chi connectivity index (χ4v) is 2.21. The number of hydrogen-bond donors (Lipinski definition) is 2. The standard InChI is InChI=1S/C16H14Cl2N2O4/c1-23-13-6-4-10(8-14(13)24-2)19-15(21)16(22)20-12-7-9(17)3-5-11(12)18/h3-8H,1-2H3,(H,19,21)(H,20,22). The van der Waals surface area contributed by atoms with Gasteiger partial charge in [0.15, 0.2) is 11.5 Å². The maximum atomic E-state index is 12.0. The summed E-state index contributed by atoms with van der Waals surface area (Å²) in [6, 6.07) is 9.27. The van der Waals surface area contributed by atoms with Crippen molar-refractivity contribution in [2.24, 2.45) is 0 Å². The van der Waals surface area contributed by atoms with E-state index in [1.165, 1.54) is 32.4 Å². The van der Waals surface area contributed by atoms with Crippen molar-refractivity contribution in [3.05, 3.63) is 46.4 Å². The minimum Gasteiger partial charge on any atom is -0.493 e. The van der Waals surface area contributed by atoms with Gasteiger partial charge in [-0.2, -0.15) is 0 Å². The van der Waals surface area contributed by atoms with Crippen molar-refractivity contribution in [1.29, 1.82) is 0 Å². The van der Waals surface area contributed by atoms with E-state index in [1.54, 1.807) is 18.2 Å². The lowest BCUT2D eigenvalue weighted by Crippen LogP contribution is -2.29. The fourth-order valence-electron chi connectivity index (χ4n) is 1.87. The third-order valence-corrected chi connectivity index (χ3v) is 3.59. The van der Waals surface area contributed by atoms with Crippen LogP contribution in [0.15, 0.2) is 36.4 Å². The van der Waals surface area contributed by atoms with Gasteiger partial charge in [0.2, 0.25) is 0 Å². The van der Waals surface area contributed by atoms with Gasteiger partial charge in [0.05, 0.1) is 24.9 Å². The molecule has 0 atom stereocenters. The Morgan fingerprint density at radius 2 is 1.54 bits per heavy atom. The molecule has 6 nitrogen and oxygen atoms in total. The monoisotopic (exact) mass is 368 g/mol. The van der Waals surface area contributed by atoms with E-state index in [0.29, 0.717) is 22.2 Å². The molecule has 0 aliphatic heterocycles. The summed E-state index contributed by atoms with van der Waals surface area (Å²) in [5.41, 5.74) is 0.626. The number of amides is 2. The number of halogens is 2. The summed E-state index contributed by atoms with van der Waals surface area (Å²) >= 11 is 11.8. The molecular formula is C16H14Cl2N2O4. The Labute approximate surface area is 148 Å². The number of carbonyl (C=O) groups excluding carboxylic acids is 2. The predicted octanol–water partition coefficient (Wildman–Crippen LogP) is 3.59. The number of methoxy groups -OCH3 is 2. The summed E-state index contributed by atoms with van der Waals surface area (Å²) in [5.74, 6) is -0.813. The molecule has 0 spiro atoms. The summed E-state index contributed by atoms with van der Waals surface area (Å²) in [4.78, 5) is 24.0. The van der Waals surface area contributed by atoms with Crippen LogP contribution in [0.2, 0.25) is 10.0 Å². The van der Waals surface area contributed by atoms with E-state index in [1.807, 2.05) is 0 Å². The zero-order chi connectivity index (χ0) is 17.7. The Hall–Kier alpha value is -2.44. The molecule has 0 unspecified atom stereocenters. The molecule has 0 aliphatic rings. The SMILES string of the molecule is COc1ccc(NC(=O)C(=O)Nc2cc(Cl)ccc2Cl)cc1OC. The molecule has 2 rings (SSSR count). The molecule has 0 bridgehead atoms. The zero-order valence-corrected chi connectivity index (χ0v) is 14.4. The molecule has 0 saturated heterocycles. The maximum absolute atomic E-state index is 12.0. The minimum atomic E-state index is -0.881. The van der Waals surface area contributed by atoms with Gasteiger partial charge in [0.25, 0.3) is 0 Å². The van der Waals surface area contributed by atoms with Crippen LogP contribution in [-0.2, 0) is 9.59 Å². The molecule has 2 aromatic carbocycles. The van der Waals surface area contributed by atoms with Gasteiger partial charge >= 0.3 is 11.8 Å². The van der Waals surface area contributed by atoms with Crippen molar-refractivity contribution in [2.75, 3.05) is 24.9 Å². The molecule has 0 radical (unpaired) electrons. The molecule has 2 N–H and O–H groups in total. The molecule has 0 aliphatic carbocycles. The van der Waals surface area contributed by atoms with Crippen LogP contribution >= 0.6 is 23.2 Å². The molecule has 24 heavy (non-hydrogen) atoms. The summed E-state index contributed by atoms with van der Waals surface area (Å²) in [5, 5.41) is 5.51. The molecule has 0 heterocycles. The van der Waals surface area contributed by atoms with Gasteiger partial charge in [0.1, 0.15) is 0 Å². The fraction of sp³-hybridized carbons (Fsp3) is 0.125. The first-order valence-electron chi connectivity index (χ1n) is 6.74. The van der Waals surface area contributed by atoms with E-state index < -0.39 is 11.8 Å². The second kappa shape index (κ2) is 7.90. The van der Waals surface area contributed by atoms with Gasteiger partial charge < -0.3 is 20.1 Å². The maximum Gasteiger partial charge on any atom is 0.314 e. The van der Waals surface area contributed by atoms with Crippen molar-refractivity contribution in [2.45, 2.75) is 0 Å². The summed E-state index contributed by atoms with van der Waals surface area (Å²) in [7, 11) is 2.97. The van der Waals surface area contributed by atoms with Crippen LogP contribution in [0.3, 0.4) is 0 Å². The Morgan fingerprint density at radius 1 is 0.875 bits per heavy atom. The number of carbonyl (C=O) groups is 2. The highest BCUT2D eigenvalue weighted by Gasteiger charge is 2.16. The lowest BCUT2D eigenvalue weighted by atomic mass is 10.2. The zero-order valence-electron chi connectivity index (χ0n) is 12.9. The molecular weight excluding hydrogens is 355 g/mol. The van der Waals surface area contributed by atoms with Gasteiger partial charge in [-0.3, -0.25) is 9.59 Å². The lowest BCUT2D eigenvalue weighted by Gasteiger charge is -2.11. The highest BCUT2D eigenvalue weighted by molar-refractivity contribution is 6.45. The summed E-state index contributed by atoms with van der Waals surface area (Å²) in [6.07, 6.45) is 0. The van der Waals surface area contributed by atoms with Crippen LogP contribution in [0.1, 0.15) is 0 Å². The minimum absolute atomic E-state index is 0.247. The van der Waals surface area contributed by atoms with Gasteiger partial charge in [-0.15, -0.1) is 0 Å². The Balaban J connectivity index is 2.09. The highest BCUT2D eigenvalue weighted by atomic mass is 35.5. The third-order valence-electron chi connectivity index (χ3n) is 3.02. The van der Waals surface area contributed by atoms with Gasteiger partial charge in [-0.05, 0) is 30.3 Å². The predicted molar refractivity (Wildman–Crippen MR) is 93.3 cm³/mol. The Kier molecular flexibility index (Phi) is 5.89. The number of rotatable bonds is 4. The van der Waals surface area contributed by atoms with Crippen molar-refractivity contribution >= 4 is 46.4 Å². The molecule has 2 amide bonds. The largest absolute Gasteiger partial charge is 0.493 e. The topological polar surface area (TPSA) is 76.7 Å². The normalized spacial score (nSPS) is 10.0. The van der Waals surface area contributed by atoms with Crippen LogP contribution in [0.5, 0.6) is 11.5 Å². The second-order valence-electron chi connectivity index (χ2n) is 4.60. The molecule has 126 valence electrons. The second-order valence-corrected chi connectivity index (χ2v) is 5.45. The van der Waals surface area contributed by atoms with E-state index in [-0.39, 0.29) is 10.7 Å². The van der Waals surface area contributed by atoms with Crippen LogP contribution in [0, 0.1) is 0 Å². The van der Waals surface area contributed by atoms with Gasteiger partial charge in [0, 0.05) is 16.8 Å². The molecule has 8 heteroatoms. The first-order valence-corrected chi connectivity index (χ1v) is 7.49. The van der Waals surface area contributed by atoms with E-state index in [9.17, 15) is 9.59 Å². The van der Waals surface area contributed by atoms with E-state index in [4.69, 9.17) is 32.7 Å². The average Bonchev–Trinajstić information content (AvgIpc) is 2.57. The highest BCUT2D eigenvalue weighted by Crippen LogP contribution is 2.30. The van der Waals surface area contributed by atoms with Crippen molar-refractivity contribution in [1.82, 2.24) is 0 Å².